The minimum absolute atomic E-state index is 0. The maximum Gasteiger partial charge on any atom is 0.237 e. The Labute approximate surface area is 167 Å². The molecule has 0 saturated carbocycles. The normalized spacial score (nSPS) is 19.7. The molecule has 1 aromatic rings. The average molecular weight is 401 g/mol. The Morgan fingerprint density at radius 2 is 2.07 bits per heavy atom. The number of amides is 2. The number of aromatic nitrogens is 3. The van der Waals surface area contributed by atoms with Gasteiger partial charge < -0.3 is 15.5 Å². The van der Waals surface area contributed by atoms with Gasteiger partial charge >= 0.3 is 0 Å². The van der Waals surface area contributed by atoms with Crippen LogP contribution in [0.1, 0.15) is 59.2 Å². The third-order valence-electron chi connectivity index (χ3n) is 4.29. The van der Waals surface area contributed by atoms with Crippen LogP contribution in [0.5, 0.6) is 0 Å². The van der Waals surface area contributed by atoms with Crippen LogP contribution in [0.2, 0.25) is 0 Å². The third kappa shape index (κ3) is 7.10. The number of halogens is 1. The number of nitrogens with zero attached hydrogens (tertiary/aromatic N) is 4. The lowest BCUT2D eigenvalue weighted by molar-refractivity contribution is -0.132. The number of hydrogen-bond donors (Lipinski definition) is 2. The van der Waals surface area contributed by atoms with Crippen LogP contribution in [-0.2, 0) is 16.1 Å². The summed E-state index contributed by atoms with van der Waals surface area (Å²) in [5, 5.41) is 14.6. The molecule has 1 fully saturated rings. The van der Waals surface area contributed by atoms with Crippen LogP contribution in [0.25, 0.3) is 0 Å². The van der Waals surface area contributed by atoms with Crippen molar-refractivity contribution in [3.05, 3.63) is 11.9 Å². The molecule has 2 amide bonds. The molecule has 27 heavy (non-hydrogen) atoms. The first-order valence-corrected chi connectivity index (χ1v) is 9.23. The van der Waals surface area contributed by atoms with Gasteiger partial charge in [0.25, 0.3) is 0 Å². The molecule has 0 aromatic carbocycles. The Morgan fingerprint density at radius 3 is 2.67 bits per heavy atom. The van der Waals surface area contributed by atoms with E-state index in [0.717, 1.165) is 5.69 Å². The first-order chi connectivity index (χ1) is 12.0. The SMILES string of the molecule is CC(C)NC(=O)[C@@H]1C[C@@H](n2cc(CN(C)C(=O)CC(C)(C)C)nn2)CN1.Cl. The first-order valence-electron chi connectivity index (χ1n) is 9.23. The van der Waals surface area contributed by atoms with Crippen molar-refractivity contribution in [2.24, 2.45) is 5.41 Å². The number of hydrogen-bond acceptors (Lipinski definition) is 5. The summed E-state index contributed by atoms with van der Waals surface area (Å²) in [5.41, 5.74) is 0.717. The van der Waals surface area contributed by atoms with Crippen LogP contribution in [0.3, 0.4) is 0 Å². The van der Waals surface area contributed by atoms with Crippen LogP contribution in [0.15, 0.2) is 6.20 Å². The predicted octanol–water partition coefficient (Wildman–Crippen LogP) is 1.52. The van der Waals surface area contributed by atoms with E-state index in [9.17, 15) is 9.59 Å². The molecule has 9 heteroatoms. The molecule has 2 heterocycles. The van der Waals surface area contributed by atoms with Gasteiger partial charge in [-0.05, 0) is 25.7 Å². The quantitative estimate of drug-likeness (QED) is 0.755. The molecule has 2 rings (SSSR count). The first kappa shape index (κ1) is 23.4. The summed E-state index contributed by atoms with van der Waals surface area (Å²) in [6.07, 6.45) is 3.05. The number of carbonyl (C=O) groups excluding carboxylic acids is 2. The van der Waals surface area contributed by atoms with Crippen molar-refractivity contribution in [1.29, 1.82) is 0 Å². The highest BCUT2D eigenvalue weighted by molar-refractivity contribution is 5.85. The average Bonchev–Trinajstić information content (AvgIpc) is 3.13. The zero-order valence-electron chi connectivity index (χ0n) is 17.2. The Kier molecular flexibility index (Phi) is 8.23. The third-order valence-corrected chi connectivity index (χ3v) is 4.29. The summed E-state index contributed by atoms with van der Waals surface area (Å²) in [7, 11) is 1.79. The highest BCUT2D eigenvalue weighted by atomic mass is 35.5. The van der Waals surface area contributed by atoms with Gasteiger partial charge in [0.1, 0.15) is 5.69 Å². The minimum Gasteiger partial charge on any atom is -0.353 e. The lowest BCUT2D eigenvalue weighted by atomic mass is 9.92. The second-order valence-corrected chi connectivity index (χ2v) is 8.69. The fourth-order valence-corrected chi connectivity index (χ4v) is 2.99. The highest BCUT2D eigenvalue weighted by Gasteiger charge is 2.31. The van der Waals surface area contributed by atoms with E-state index in [1.165, 1.54) is 0 Å². The summed E-state index contributed by atoms with van der Waals surface area (Å²) >= 11 is 0. The monoisotopic (exact) mass is 400 g/mol. The molecule has 1 aliphatic heterocycles. The van der Waals surface area contributed by atoms with E-state index in [4.69, 9.17) is 0 Å². The van der Waals surface area contributed by atoms with Crippen molar-refractivity contribution in [2.45, 2.75) is 72.1 Å². The van der Waals surface area contributed by atoms with Gasteiger partial charge in [-0.1, -0.05) is 26.0 Å². The molecule has 0 radical (unpaired) electrons. The van der Waals surface area contributed by atoms with Crippen molar-refractivity contribution in [3.63, 3.8) is 0 Å². The number of carbonyl (C=O) groups is 2. The molecule has 8 nitrogen and oxygen atoms in total. The molecular formula is C18H33ClN6O2. The predicted molar refractivity (Wildman–Crippen MR) is 107 cm³/mol. The van der Waals surface area contributed by atoms with Gasteiger partial charge in [-0.3, -0.25) is 9.59 Å². The second kappa shape index (κ2) is 9.50. The largest absolute Gasteiger partial charge is 0.353 e. The fraction of sp³-hybridized carbons (Fsp3) is 0.778. The van der Waals surface area contributed by atoms with E-state index >= 15 is 0 Å². The molecule has 154 valence electrons. The Bertz CT molecular complexity index is 640. The molecule has 0 aliphatic carbocycles. The summed E-state index contributed by atoms with van der Waals surface area (Å²) < 4.78 is 1.80. The lowest BCUT2D eigenvalue weighted by Crippen LogP contribution is -2.43. The summed E-state index contributed by atoms with van der Waals surface area (Å²) in [4.78, 5) is 26.0. The molecule has 0 bridgehead atoms. The van der Waals surface area contributed by atoms with Gasteiger partial charge in [-0.25, -0.2) is 4.68 Å². The molecule has 1 saturated heterocycles. The van der Waals surface area contributed by atoms with E-state index in [-0.39, 0.29) is 47.8 Å². The van der Waals surface area contributed by atoms with E-state index in [1.54, 1.807) is 16.6 Å². The van der Waals surface area contributed by atoms with Gasteiger partial charge in [0.05, 0.1) is 24.8 Å². The van der Waals surface area contributed by atoms with Crippen LogP contribution >= 0.6 is 12.4 Å². The number of nitrogens with one attached hydrogen (secondary N) is 2. The van der Waals surface area contributed by atoms with Gasteiger partial charge in [0.2, 0.25) is 11.8 Å². The molecule has 1 aliphatic rings. The Hall–Kier alpha value is -1.67. The summed E-state index contributed by atoms with van der Waals surface area (Å²) in [5.74, 6) is 0.121. The van der Waals surface area contributed by atoms with Gasteiger partial charge in [0, 0.05) is 26.1 Å². The van der Waals surface area contributed by atoms with Gasteiger partial charge in [-0.2, -0.15) is 0 Å². The van der Waals surface area contributed by atoms with E-state index in [1.807, 2.05) is 40.8 Å². The van der Waals surface area contributed by atoms with Crippen molar-refractivity contribution < 1.29 is 9.59 Å². The maximum absolute atomic E-state index is 12.2. The van der Waals surface area contributed by atoms with E-state index in [2.05, 4.69) is 20.9 Å². The molecule has 1 aromatic heterocycles. The van der Waals surface area contributed by atoms with Gasteiger partial charge in [-0.15, -0.1) is 17.5 Å². The molecule has 0 unspecified atom stereocenters. The van der Waals surface area contributed by atoms with Crippen molar-refractivity contribution >= 4 is 24.2 Å². The van der Waals surface area contributed by atoms with Crippen molar-refractivity contribution in [1.82, 2.24) is 30.5 Å². The van der Waals surface area contributed by atoms with Crippen LogP contribution in [-0.4, -0.2) is 57.4 Å². The van der Waals surface area contributed by atoms with E-state index in [0.29, 0.717) is 25.9 Å². The molecule has 2 atom stereocenters. The zero-order chi connectivity index (χ0) is 19.5. The summed E-state index contributed by atoms with van der Waals surface area (Å²) in [6.45, 7) is 11.2. The van der Waals surface area contributed by atoms with E-state index < -0.39 is 0 Å². The molecule has 0 spiro atoms. The minimum atomic E-state index is -0.203. The Morgan fingerprint density at radius 1 is 1.41 bits per heavy atom. The number of rotatable bonds is 6. The molecular weight excluding hydrogens is 368 g/mol. The molecule has 2 N–H and O–H groups in total. The van der Waals surface area contributed by atoms with Crippen molar-refractivity contribution in [2.75, 3.05) is 13.6 Å². The van der Waals surface area contributed by atoms with Crippen LogP contribution in [0.4, 0.5) is 0 Å². The lowest BCUT2D eigenvalue weighted by Gasteiger charge is -2.22. The maximum atomic E-state index is 12.2. The highest BCUT2D eigenvalue weighted by Crippen LogP contribution is 2.21. The zero-order valence-corrected chi connectivity index (χ0v) is 18.0. The second-order valence-electron chi connectivity index (χ2n) is 8.69. The topological polar surface area (TPSA) is 92.2 Å². The van der Waals surface area contributed by atoms with Gasteiger partial charge in [0.15, 0.2) is 0 Å². The van der Waals surface area contributed by atoms with Crippen LogP contribution < -0.4 is 10.6 Å². The summed E-state index contributed by atoms with van der Waals surface area (Å²) in [6, 6.07) is 0.0170. The fourth-order valence-electron chi connectivity index (χ4n) is 2.99. The van der Waals surface area contributed by atoms with Crippen molar-refractivity contribution in [3.8, 4) is 0 Å². The Balaban J connectivity index is 0.00000364. The standard InChI is InChI=1S/C18H32N6O2.ClH/c1-12(2)20-17(26)15-7-14(9-19-15)24-11-13(21-22-24)10-23(6)16(25)8-18(3,4)5;/h11-12,14-15,19H,7-10H2,1-6H3,(H,20,26);1H/t14-,15+;/m1./s1. The smallest absolute Gasteiger partial charge is 0.237 e. The van der Waals surface area contributed by atoms with Crippen LogP contribution in [0, 0.1) is 5.41 Å².